The van der Waals surface area contributed by atoms with Crippen LogP contribution in [0.1, 0.15) is 74.1 Å². The van der Waals surface area contributed by atoms with Gasteiger partial charge in [-0.1, -0.05) is 54.9 Å². The van der Waals surface area contributed by atoms with Gasteiger partial charge in [0, 0.05) is 0 Å². The highest BCUT2D eigenvalue weighted by molar-refractivity contribution is 4.56. The van der Waals surface area contributed by atoms with Crippen molar-refractivity contribution in [3.63, 3.8) is 0 Å². The summed E-state index contributed by atoms with van der Waals surface area (Å²) in [5.41, 5.74) is 0. The van der Waals surface area contributed by atoms with Crippen molar-refractivity contribution in [3.8, 4) is 0 Å². The topological polar surface area (TPSA) is 20.2 Å². The molecule has 0 aliphatic rings. The first-order valence-electron chi connectivity index (χ1n) is 6.38. The van der Waals surface area contributed by atoms with E-state index in [0.29, 0.717) is 0 Å². The first-order valence-corrected chi connectivity index (χ1v) is 6.38. The number of aliphatic hydroxyl groups excluding tert-OH is 1. The molecule has 0 saturated carbocycles. The highest BCUT2D eigenvalue weighted by atomic mass is 16.3. The van der Waals surface area contributed by atoms with Gasteiger partial charge in [-0.25, -0.2) is 0 Å². The molecule has 0 spiro atoms. The Balaban J connectivity index is -0.000000266. The lowest BCUT2D eigenvalue weighted by molar-refractivity contribution is 0.151. The minimum Gasteiger partial charge on any atom is -0.393 e. The third-order valence-corrected chi connectivity index (χ3v) is 2.16. The second-order valence-corrected chi connectivity index (χ2v) is 3.15. The molecule has 0 rings (SSSR count). The van der Waals surface area contributed by atoms with E-state index in [1.165, 1.54) is 12.8 Å². The van der Waals surface area contributed by atoms with Gasteiger partial charge in [0.1, 0.15) is 0 Å². The van der Waals surface area contributed by atoms with Crippen LogP contribution in [0.4, 0.5) is 0 Å². The lowest BCUT2D eigenvalue weighted by Gasteiger charge is -2.10. The number of aliphatic hydroxyl groups is 1. The summed E-state index contributed by atoms with van der Waals surface area (Å²) in [6, 6.07) is 0. The van der Waals surface area contributed by atoms with E-state index in [0.717, 1.165) is 18.8 Å². The maximum atomic E-state index is 9.20. The Bertz CT molecular complexity index is 61.6. The van der Waals surface area contributed by atoms with Crippen molar-refractivity contribution in [2.45, 2.75) is 80.3 Å². The van der Waals surface area contributed by atoms with Gasteiger partial charge in [0.05, 0.1) is 6.10 Å². The molecular weight excluding hydrogens is 172 g/mol. The summed E-state index contributed by atoms with van der Waals surface area (Å²) in [6.45, 7) is 14.5. The third kappa shape index (κ3) is 17.9. The van der Waals surface area contributed by atoms with Crippen molar-refractivity contribution in [2.75, 3.05) is 0 Å². The number of hydrogen-bond donors (Lipinski definition) is 1. The van der Waals surface area contributed by atoms with Crippen molar-refractivity contribution in [1.29, 1.82) is 0 Å². The lowest BCUT2D eigenvalue weighted by Crippen LogP contribution is -2.06. The maximum Gasteiger partial charge on any atom is 0.0537 e. The van der Waals surface area contributed by atoms with Gasteiger partial charge < -0.3 is 5.11 Å². The predicted molar refractivity (Wildman–Crippen MR) is 67.7 cm³/mol. The molecule has 0 heterocycles. The summed E-state index contributed by atoms with van der Waals surface area (Å²) in [5, 5.41) is 9.20. The zero-order valence-electron chi connectivity index (χ0n) is 11.4. The zero-order chi connectivity index (χ0) is 12.0. The molecule has 0 saturated heterocycles. The van der Waals surface area contributed by atoms with Crippen LogP contribution in [-0.2, 0) is 0 Å². The van der Waals surface area contributed by atoms with Crippen molar-refractivity contribution < 1.29 is 5.11 Å². The fraction of sp³-hybridized carbons (Fsp3) is 1.00. The molecule has 0 aliphatic heterocycles. The van der Waals surface area contributed by atoms with Crippen LogP contribution in [0.5, 0.6) is 0 Å². The average molecular weight is 204 g/mol. The van der Waals surface area contributed by atoms with E-state index in [2.05, 4.69) is 13.8 Å². The molecule has 14 heavy (non-hydrogen) atoms. The second kappa shape index (κ2) is 18.7. The summed E-state index contributed by atoms with van der Waals surface area (Å²) in [6.07, 6.45) is 4.22. The molecule has 0 aromatic carbocycles. The van der Waals surface area contributed by atoms with Gasteiger partial charge in [-0.15, -0.1) is 0 Å². The molecule has 2 atom stereocenters. The molecule has 0 bridgehead atoms. The molecule has 1 N–H and O–H groups in total. The molecular formula is C13H32O. The van der Waals surface area contributed by atoms with Crippen molar-refractivity contribution in [3.05, 3.63) is 0 Å². The van der Waals surface area contributed by atoms with Crippen LogP contribution in [0.15, 0.2) is 0 Å². The Morgan fingerprint density at radius 3 is 1.57 bits per heavy atom. The maximum absolute atomic E-state index is 9.20. The van der Waals surface area contributed by atoms with E-state index in [9.17, 15) is 5.11 Å². The Hall–Kier alpha value is -0.0400. The van der Waals surface area contributed by atoms with Crippen LogP contribution in [-0.4, -0.2) is 11.2 Å². The van der Waals surface area contributed by atoms with Crippen molar-refractivity contribution >= 4 is 0 Å². The first kappa shape index (κ1) is 19.5. The van der Waals surface area contributed by atoms with Crippen LogP contribution in [0.25, 0.3) is 0 Å². The van der Waals surface area contributed by atoms with Crippen LogP contribution < -0.4 is 0 Å². The predicted octanol–water partition coefficient (Wildman–Crippen LogP) is 4.64. The molecule has 0 aromatic heterocycles. The van der Waals surface area contributed by atoms with Gasteiger partial charge in [-0.2, -0.15) is 0 Å². The molecule has 1 heteroatoms. The van der Waals surface area contributed by atoms with E-state index < -0.39 is 0 Å². The number of rotatable bonds is 5. The van der Waals surface area contributed by atoms with Gasteiger partial charge in [0.2, 0.25) is 0 Å². The van der Waals surface area contributed by atoms with Crippen molar-refractivity contribution in [1.82, 2.24) is 0 Å². The Morgan fingerprint density at radius 2 is 1.29 bits per heavy atom. The fourth-order valence-corrected chi connectivity index (χ4v) is 0.885. The lowest BCUT2D eigenvalue weighted by atomic mass is 10.00. The van der Waals surface area contributed by atoms with Gasteiger partial charge >= 0.3 is 0 Å². The zero-order valence-corrected chi connectivity index (χ0v) is 11.4. The smallest absolute Gasteiger partial charge is 0.0537 e. The van der Waals surface area contributed by atoms with Crippen LogP contribution in [0.2, 0.25) is 0 Å². The average Bonchev–Trinajstić information content (AvgIpc) is 2.30. The quantitative estimate of drug-likeness (QED) is 0.692. The minimum absolute atomic E-state index is 0.0611. The highest BCUT2D eigenvalue weighted by Crippen LogP contribution is 2.12. The Morgan fingerprint density at radius 1 is 0.857 bits per heavy atom. The van der Waals surface area contributed by atoms with Gasteiger partial charge in [-0.3, -0.25) is 0 Å². The van der Waals surface area contributed by atoms with E-state index in [-0.39, 0.29) is 6.10 Å². The van der Waals surface area contributed by atoms with E-state index in [1.807, 2.05) is 34.6 Å². The van der Waals surface area contributed by atoms with Gasteiger partial charge in [0.25, 0.3) is 0 Å². The summed E-state index contributed by atoms with van der Waals surface area (Å²) in [5.74, 6) is 0.779. The second-order valence-electron chi connectivity index (χ2n) is 3.15. The normalized spacial score (nSPS) is 12.9. The van der Waals surface area contributed by atoms with Crippen LogP contribution >= 0.6 is 0 Å². The molecule has 90 valence electrons. The van der Waals surface area contributed by atoms with Crippen LogP contribution in [0, 0.1) is 5.92 Å². The standard InChI is InChI=1S/C9H20O.2C2H6/c1-4-8(3)6-7-9(10)5-2;2*1-2/h8-10H,4-7H2,1-3H3;2*1-2H3/t8-,9+;;/m0../s1. The molecule has 0 aliphatic carbocycles. The Labute approximate surface area is 91.9 Å². The summed E-state index contributed by atoms with van der Waals surface area (Å²) >= 11 is 0. The highest BCUT2D eigenvalue weighted by Gasteiger charge is 2.03. The summed E-state index contributed by atoms with van der Waals surface area (Å²) in [4.78, 5) is 0. The molecule has 0 aromatic rings. The van der Waals surface area contributed by atoms with E-state index in [4.69, 9.17) is 0 Å². The SMILES string of the molecule is CC.CC.CC[C@H](C)CC[C@H](O)CC. The summed E-state index contributed by atoms with van der Waals surface area (Å²) < 4.78 is 0. The monoisotopic (exact) mass is 204 g/mol. The van der Waals surface area contributed by atoms with E-state index >= 15 is 0 Å². The largest absolute Gasteiger partial charge is 0.393 e. The third-order valence-electron chi connectivity index (χ3n) is 2.16. The van der Waals surface area contributed by atoms with E-state index in [1.54, 1.807) is 0 Å². The molecule has 0 unspecified atom stereocenters. The number of hydrogen-bond acceptors (Lipinski definition) is 1. The van der Waals surface area contributed by atoms with Gasteiger partial charge in [0.15, 0.2) is 0 Å². The van der Waals surface area contributed by atoms with Gasteiger partial charge in [-0.05, 0) is 25.2 Å². The van der Waals surface area contributed by atoms with Crippen molar-refractivity contribution in [2.24, 2.45) is 5.92 Å². The first-order chi connectivity index (χ1) is 6.70. The fourth-order valence-electron chi connectivity index (χ4n) is 0.885. The summed E-state index contributed by atoms with van der Waals surface area (Å²) in [7, 11) is 0. The Kier molecular flexibility index (Phi) is 26.1. The molecule has 0 amide bonds. The molecule has 1 nitrogen and oxygen atoms in total. The molecule has 0 radical (unpaired) electrons. The van der Waals surface area contributed by atoms with Crippen LogP contribution in [0.3, 0.4) is 0 Å². The minimum atomic E-state index is -0.0611. The molecule has 0 fully saturated rings.